The normalized spacial score (nSPS) is 11.6. The average Bonchev–Trinajstić information content (AvgIpc) is 2.64. The summed E-state index contributed by atoms with van der Waals surface area (Å²) < 4.78 is 27.7. The number of rotatable bonds is 6. The van der Waals surface area contributed by atoms with Crippen LogP contribution in [0.2, 0.25) is 5.02 Å². The molecule has 0 spiro atoms. The van der Waals surface area contributed by atoms with Crippen molar-refractivity contribution in [2.45, 2.75) is 18.0 Å². The molecular weight excluding hydrogens is 370 g/mol. The van der Waals surface area contributed by atoms with Gasteiger partial charge in [0.1, 0.15) is 0 Å². The third-order valence-corrected chi connectivity index (χ3v) is 5.91. The largest absolute Gasteiger partial charge is 0.399 e. The number of benzene rings is 2. The Bertz CT molecular complexity index is 960. The van der Waals surface area contributed by atoms with Crippen LogP contribution < -0.4 is 5.73 Å². The Labute approximate surface area is 158 Å². The lowest BCUT2D eigenvalue weighted by Gasteiger charge is -2.22. The van der Waals surface area contributed by atoms with E-state index in [9.17, 15) is 8.42 Å². The Hall–Kier alpha value is -2.41. The minimum absolute atomic E-state index is 0.163. The number of pyridine rings is 1. The van der Waals surface area contributed by atoms with E-state index in [0.29, 0.717) is 16.4 Å². The van der Waals surface area contributed by atoms with Crippen LogP contribution in [0.15, 0.2) is 77.8 Å². The van der Waals surface area contributed by atoms with Crippen molar-refractivity contribution in [3.8, 4) is 0 Å². The van der Waals surface area contributed by atoms with E-state index in [1.54, 1.807) is 42.6 Å². The molecule has 26 heavy (non-hydrogen) atoms. The highest BCUT2D eigenvalue weighted by atomic mass is 35.5. The monoisotopic (exact) mass is 387 g/mol. The summed E-state index contributed by atoms with van der Waals surface area (Å²) >= 11 is 5.89. The number of anilines is 1. The molecule has 0 aliphatic heterocycles. The zero-order chi connectivity index (χ0) is 18.6. The zero-order valence-electron chi connectivity index (χ0n) is 13.9. The molecule has 0 aliphatic rings. The molecule has 0 aliphatic carbocycles. The summed E-state index contributed by atoms with van der Waals surface area (Å²) in [4.78, 5) is 4.44. The minimum atomic E-state index is -3.72. The van der Waals surface area contributed by atoms with Crippen molar-refractivity contribution >= 4 is 27.3 Å². The van der Waals surface area contributed by atoms with E-state index in [2.05, 4.69) is 4.98 Å². The maximum Gasteiger partial charge on any atom is 0.243 e. The van der Waals surface area contributed by atoms with Crippen LogP contribution in [-0.4, -0.2) is 17.7 Å². The Kier molecular flexibility index (Phi) is 5.56. The number of aromatic nitrogens is 1. The first kappa shape index (κ1) is 18.4. The number of halogens is 1. The second kappa shape index (κ2) is 7.86. The van der Waals surface area contributed by atoms with E-state index in [0.717, 1.165) is 5.56 Å². The Morgan fingerprint density at radius 3 is 2.23 bits per heavy atom. The number of hydrogen-bond acceptors (Lipinski definition) is 4. The topological polar surface area (TPSA) is 76.3 Å². The molecule has 2 aromatic carbocycles. The lowest BCUT2D eigenvalue weighted by atomic mass is 10.2. The molecule has 0 atom stereocenters. The molecule has 1 heterocycles. The highest BCUT2D eigenvalue weighted by Crippen LogP contribution is 2.22. The molecule has 0 saturated carbocycles. The summed E-state index contributed by atoms with van der Waals surface area (Å²) in [5, 5.41) is 0.485. The van der Waals surface area contributed by atoms with Crippen LogP contribution in [0.5, 0.6) is 0 Å². The summed E-state index contributed by atoms with van der Waals surface area (Å²) in [6.07, 6.45) is 1.64. The lowest BCUT2D eigenvalue weighted by Crippen LogP contribution is -2.30. The molecule has 1 aromatic heterocycles. The molecule has 0 amide bonds. The zero-order valence-corrected chi connectivity index (χ0v) is 15.5. The van der Waals surface area contributed by atoms with Gasteiger partial charge >= 0.3 is 0 Å². The molecule has 5 nitrogen and oxygen atoms in total. The summed E-state index contributed by atoms with van der Waals surface area (Å²) in [6.45, 7) is 0.373. The van der Waals surface area contributed by atoms with Crippen molar-refractivity contribution in [1.29, 1.82) is 0 Å². The molecule has 0 radical (unpaired) electrons. The van der Waals surface area contributed by atoms with Crippen molar-refractivity contribution in [2.24, 2.45) is 0 Å². The maximum atomic E-state index is 13.1. The van der Waals surface area contributed by atoms with Crippen LogP contribution in [0.4, 0.5) is 5.69 Å². The summed E-state index contributed by atoms with van der Waals surface area (Å²) in [7, 11) is -3.72. The van der Waals surface area contributed by atoms with Gasteiger partial charge < -0.3 is 5.73 Å². The predicted octanol–water partition coefficient (Wildman–Crippen LogP) is 3.71. The van der Waals surface area contributed by atoms with E-state index >= 15 is 0 Å². The van der Waals surface area contributed by atoms with Gasteiger partial charge in [0.25, 0.3) is 0 Å². The van der Waals surface area contributed by atoms with Gasteiger partial charge in [-0.3, -0.25) is 4.98 Å². The van der Waals surface area contributed by atoms with Gasteiger partial charge in [-0.15, -0.1) is 0 Å². The molecule has 2 N–H and O–H groups in total. The van der Waals surface area contributed by atoms with Crippen LogP contribution in [-0.2, 0) is 23.1 Å². The van der Waals surface area contributed by atoms with Gasteiger partial charge in [-0.2, -0.15) is 4.31 Å². The first-order chi connectivity index (χ1) is 12.4. The van der Waals surface area contributed by atoms with Crippen LogP contribution >= 0.6 is 11.6 Å². The molecule has 3 rings (SSSR count). The van der Waals surface area contributed by atoms with Crippen LogP contribution in [0.3, 0.4) is 0 Å². The van der Waals surface area contributed by atoms with Crippen molar-refractivity contribution in [2.75, 3.05) is 5.73 Å². The van der Waals surface area contributed by atoms with Crippen LogP contribution in [0.25, 0.3) is 0 Å². The standard InChI is InChI=1S/C19H18ClN3O2S/c20-16-6-10-19(11-7-16)26(24,25)23(14-18-3-1-2-12-22-18)13-15-4-8-17(21)9-5-15/h1-12H,13-14,21H2. The minimum Gasteiger partial charge on any atom is -0.399 e. The highest BCUT2D eigenvalue weighted by Gasteiger charge is 2.25. The summed E-state index contributed by atoms with van der Waals surface area (Å²) in [5.41, 5.74) is 7.86. The Morgan fingerprint density at radius 2 is 1.62 bits per heavy atom. The first-order valence-electron chi connectivity index (χ1n) is 7.95. The quantitative estimate of drug-likeness (QED) is 0.654. The highest BCUT2D eigenvalue weighted by molar-refractivity contribution is 7.89. The first-order valence-corrected chi connectivity index (χ1v) is 9.77. The summed E-state index contributed by atoms with van der Waals surface area (Å²) in [5.74, 6) is 0. The van der Waals surface area contributed by atoms with Gasteiger partial charge in [0.2, 0.25) is 10.0 Å². The van der Waals surface area contributed by atoms with Gasteiger partial charge in [0.05, 0.1) is 17.1 Å². The Balaban J connectivity index is 1.95. The molecule has 3 aromatic rings. The average molecular weight is 388 g/mol. The fraction of sp³-hybridized carbons (Fsp3) is 0.105. The van der Waals surface area contributed by atoms with Crippen molar-refractivity contribution in [1.82, 2.24) is 9.29 Å². The van der Waals surface area contributed by atoms with Gasteiger partial charge in [-0.25, -0.2) is 8.42 Å². The van der Waals surface area contributed by atoms with Gasteiger partial charge in [-0.1, -0.05) is 29.8 Å². The molecule has 0 fully saturated rings. The fourth-order valence-corrected chi connectivity index (χ4v) is 4.01. The molecule has 0 bridgehead atoms. The fourth-order valence-electron chi connectivity index (χ4n) is 2.48. The van der Waals surface area contributed by atoms with Crippen LogP contribution in [0, 0.1) is 0 Å². The SMILES string of the molecule is Nc1ccc(CN(Cc2ccccn2)S(=O)(=O)c2ccc(Cl)cc2)cc1. The van der Waals surface area contributed by atoms with Crippen molar-refractivity contribution in [3.05, 3.63) is 89.2 Å². The second-order valence-electron chi connectivity index (χ2n) is 5.79. The lowest BCUT2D eigenvalue weighted by molar-refractivity contribution is 0.397. The number of nitrogens with two attached hydrogens (primary N) is 1. The predicted molar refractivity (Wildman–Crippen MR) is 103 cm³/mol. The van der Waals surface area contributed by atoms with Gasteiger partial charge in [-0.05, 0) is 54.1 Å². The van der Waals surface area contributed by atoms with Crippen LogP contribution in [0.1, 0.15) is 11.3 Å². The smallest absolute Gasteiger partial charge is 0.243 e. The van der Waals surface area contributed by atoms with Gasteiger partial charge in [0.15, 0.2) is 0 Å². The van der Waals surface area contributed by atoms with E-state index in [1.807, 2.05) is 18.2 Å². The van der Waals surface area contributed by atoms with E-state index in [1.165, 1.54) is 16.4 Å². The number of sulfonamides is 1. The van der Waals surface area contributed by atoms with Crippen molar-refractivity contribution < 1.29 is 8.42 Å². The number of hydrogen-bond donors (Lipinski definition) is 1. The Morgan fingerprint density at radius 1 is 0.923 bits per heavy atom. The number of nitrogens with zero attached hydrogens (tertiary/aromatic N) is 2. The summed E-state index contributed by atoms with van der Waals surface area (Å²) in [6, 6.07) is 18.7. The van der Waals surface area contributed by atoms with Gasteiger partial charge in [0, 0.05) is 23.5 Å². The molecule has 0 unspecified atom stereocenters. The third kappa shape index (κ3) is 4.40. The van der Waals surface area contributed by atoms with E-state index < -0.39 is 10.0 Å². The van der Waals surface area contributed by atoms with Crippen molar-refractivity contribution in [3.63, 3.8) is 0 Å². The maximum absolute atomic E-state index is 13.1. The second-order valence-corrected chi connectivity index (χ2v) is 8.16. The molecule has 7 heteroatoms. The number of nitrogen functional groups attached to an aromatic ring is 1. The molecule has 0 saturated heterocycles. The molecule has 134 valence electrons. The van der Waals surface area contributed by atoms with E-state index in [4.69, 9.17) is 17.3 Å². The van der Waals surface area contributed by atoms with E-state index in [-0.39, 0.29) is 18.0 Å². The molecular formula is C19H18ClN3O2S. The third-order valence-electron chi connectivity index (χ3n) is 3.85.